The maximum absolute atomic E-state index is 12.6. The quantitative estimate of drug-likeness (QED) is 0.134. The zero-order valence-corrected chi connectivity index (χ0v) is 26.8. The van der Waals surface area contributed by atoms with Crippen molar-refractivity contribution in [3.63, 3.8) is 0 Å². The molecule has 0 bridgehead atoms. The van der Waals surface area contributed by atoms with Gasteiger partial charge in [0.1, 0.15) is 6.04 Å². The van der Waals surface area contributed by atoms with Crippen LogP contribution in [-0.2, 0) is 22.4 Å². The third kappa shape index (κ3) is 15.8. The van der Waals surface area contributed by atoms with E-state index in [2.05, 4.69) is 102 Å². The highest BCUT2D eigenvalue weighted by Crippen LogP contribution is 2.30. The fraction of sp³-hybridized carbons (Fsp3) is 0.514. The molecule has 42 heavy (non-hydrogen) atoms. The van der Waals surface area contributed by atoms with E-state index < -0.39 is 6.04 Å². The van der Waals surface area contributed by atoms with Gasteiger partial charge in [0.2, 0.25) is 11.8 Å². The molecule has 2 atom stereocenters. The first-order valence-electron chi connectivity index (χ1n) is 15.8. The number of nitrogens with zero attached hydrogens (tertiary/aromatic N) is 1. The van der Waals surface area contributed by atoms with Gasteiger partial charge in [-0.3, -0.25) is 9.59 Å². The molecule has 1 aromatic heterocycles. The number of rotatable bonds is 20. The second-order valence-corrected chi connectivity index (χ2v) is 11.6. The number of hydrogen-bond acceptors (Lipinski definition) is 5. The average Bonchev–Trinajstić information content (AvgIpc) is 3.38. The summed E-state index contributed by atoms with van der Waals surface area (Å²) in [5.41, 5.74) is 1.10. The molecule has 1 aliphatic carbocycles. The lowest BCUT2D eigenvalue weighted by Crippen LogP contribution is -2.41. The topological polar surface area (TPSA) is 83.1 Å². The highest BCUT2D eigenvalue weighted by atomic mass is 32.1. The molecular weight excluding hydrogens is 540 g/mol. The van der Waals surface area contributed by atoms with Gasteiger partial charge in [0.05, 0.1) is 5.69 Å². The number of carbonyl (C=O) groups is 2. The summed E-state index contributed by atoms with van der Waals surface area (Å²) in [5, 5.41) is 9.90. The molecule has 7 heteroatoms. The second-order valence-electron chi connectivity index (χ2n) is 10.5. The van der Waals surface area contributed by atoms with Crippen molar-refractivity contribution < 1.29 is 9.59 Å². The number of hydrogen-bond donors (Lipinski definition) is 3. The van der Waals surface area contributed by atoms with Crippen LogP contribution in [0.25, 0.3) is 0 Å². The minimum absolute atomic E-state index is 0.125. The zero-order valence-electron chi connectivity index (χ0n) is 25.9. The Bertz CT molecular complexity index is 1100. The summed E-state index contributed by atoms with van der Waals surface area (Å²) >= 11 is 1.55. The molecule has 0 saturated carbocycles. The zero-order chi connectivity index (χ0) is 30.3. The summed E-state index contributed by atoms with van der Waals surface area (Å²) in [6.45, 7) is 7.06. The van der Waals surface area contributed by atoms with Crippen LogP contribution in [0.2, 0.25) is 0 Å². The number of aromatic nitrogens is 1. The molecule has 1 heterocycles. The number of anilines is 1. The molecule has 0 fully saturated rings. The van der Waals surface area contributed by atoms with Crippen molar-refractivity contribution in [2.45, 2.75) is 110 Å². The Morgan fingerprint density at radius 3 is 2.02 bits per heavy atom. The molecule has 0 unspecified atom stereocenters. The molecule has 0 aromatic carbocycles. The summed E-state index contributed by atoms with van der Waals surface area (Å²) in [4.78, 5) is 30.8. The van der Waals surface area contributed by atoms with Crippen molar-refractivity contribution in [2.75, 3.05) is 11.9 Å². The fourth-order valence-corrected chi connectivity index (χ4v) is 5.49. The molecule has 1 aromatic rings. The smallest absolute Gasteiger partial charge is 0.248 e. The van der Waals surface area contributed by atoms with Crippen molar-refractivity contribution in [3.05, 3.63) is 83.5 Å². The predicted molar refractivity (Wildman–Crippen MR) is 180 cm³/mol. The van der Waals surface area contributed by atoms with Crippen LogP contribution in [-0.4, -0.2) is 35.4 Å². The number of aryl methyl sites for hydroxylation is 1. The molecule has 0 saturated heterocycles. The van der Waals surface area contributed by atoms with Crippen LogP contribution in [0.1, 0.15) is 95.6 Å². The Hall–Kier alpha value is -3.03. The lowest BCUT2D eigenvalue weighted by Gasteiger charge is -2.21. The number of nitrogens with one attached hydrogen (secondary N) is 3. The molecule has 2 amide bonds. The standard InChI is InChI=1S/C35H52N4O2S/c1-4-6-7-8-9-10-11-12-13-14-15-16-17-18-19-20-21-22-23-24-33(40)37-29(3)34(41)39-35-38-31-26-25-30(36-27-5-2)28-32(31)42-35/h6-7,9-10,12-13,15-16,18-19,21-22,29-30,36H,4-5,8,11,14,17,20,23-28H2,1-3H3,(H,37,40)(H,38,39,41)/t29-,30+/m0/s1. The number of carbonyl (C=O) groups excluding carboxylic acids is 2. The molecule has 0 radical (unpaired) electrons. The maximum Gasteiger partial charge on any atom is 0.248 e. The average molecular weight is 593 g/mol. The van der Waals surface area contributed by atoms with Gasteiger partial charge in [-0.25, -0.2) is 4.98 Å². The summed E-state index contributed by atoms with van der Waals surface area (Å²) < 4.78 is 0. The van der Waals surface area contributed by atoms with Gasteiger partial charge in [0, 0.05) is 17.3 Å². The van der Waals surface area contributed by atoms with Gasteiger partial charge in [-0.1, -0.05) is 86.8 Å². The van der Waals surface area contributed by atoms with Gasteiger partial charge >= 0.3 is 0 Å². The molecule has 3 N–H and O–H groups in total. The first kappa shape index (κ1) is 35.2. The van der Waals surface area contributed by atoms with E-state index in [9.17, 15) is 9.59 Å². The summed E-state index contributed by atoms with van der Waals surface area (Å²) in [7, 11) is 0. The van der Waals surface area contributed by atoms with Crippen LogP contribution in [0.3, 0.4) is 0 Å². The van der Waals surface area contributed by atoms with E-state index in [0.29, 0.717) is 24.0 Å². The molecule has 0 aliphatic heterocycles. The minimum Gasteiger partial charge on any atom is -0.345 e. The lowest BCUT2D eigenvalue weighted by atomic mass is 9.98. The Morgan fingerprint density at radius 2 is 1.45 bits per heavy atom. The molecule has 230 valence electrons. The van der Waals surface area contributed by atoms with Crippen molar-refractivity contribution in [1.29, 1.82) is 0 Å². The Kier molecular flexibility index (Phi) is 18.9. The van der Waals surface area contributed by atoms with Gasteiger partial charge in [-0.05, 0) is 84.1 Å². The first-order valence-corrected chi connectivity index (χ1v) is 16.6. The Balaban J connectivity index is 1.53. The van der Waals surface area contributed by atoms with Crippen LogP contribution >= 0.6 is 11.3 Å². The van der Waals surface area contributed by atoms with E-state index in [1.807, 2.05) is 6.08 Å². The number of allylic oxidation sites excluding steroid dienone is 12. The van der Waals surface area contributed by atoms with Crippen LogP contribution in [0.15, 0.2) is 72.9 Å². The van der Waals surface area contributed by atoms with E-state index >= 15 is 0 Å². The molecular formula is C35H52N4O2S. The monoisotopic (exact) mass is 592 g/mol. The van der Waals surface area contributed by atoms with Gasteiger partial charge in [-0.15, -0.1) is 11.3 Å². The first-order chi connectivity index (χ1) is 20.5. The normalized spacial score (nSPS) is 16.5. The van der Waals surface area contributed by atoms with E-state index in [1.54, 1.807) is 18.3 Å². The van der Waals surface area contributed by atoms with Crippen molar-refractivity contribution >= 4 is 28.3 Å². The molecule has 0 spiro atoms. The third-order valence-corrected chi connectivity index (χ3v) is 7.79. The van der Waals surface area contributed by atoms with Crippen LogP contribution in [0.5, 0.6) is 0 Å². The predicted octanol–water partition coefficient (Wildman–Crippen LogP) is 7.92. The lowest BCUT2D eigenvalue weighted by molar-refractivity contribution is -0.126. The highest BCUT2D eigenvalue weighted by Gasteiger charge is 2.23. The molecule has 1 aliphatic rings. The Morgan fingerprint density at radius 1 is 0.881 bits per heavy atom. The minimum atomic E-state index is -0.609. The van der Waals surface area contributed by atoms with Gasteiger partial charge in [0.25, 0.3) is 0 Å². The van der Waals surface area contributed by atoms with Crippen LogP contribution < -0.4 is 16.0 Å². The van der Waals surface area contributed by atoms with E-state index in [0.717, 1.165) is 76.4 Å². The largest absolute Gasteiger partial charge is 0.345 e. The fourth-order valence-electron chi connectivity index (χ4n) is 4.40. The highest BCUT2D eigenvalue weighted by molar-refractivity contribution is 7.15. The van der Waals surface area contributed by atoms with Crippen LogP contribution in [0, 0.1) is 0 Å². The van der Waals surface area contributed by atoms with Crippen molar-refractivity contribution in [2.24, 2.45) is 0 Å². The van der Waals surface area contributed by atoms with Gasteiger partial charge in [-0.2, -0.15) is 0 Å². The summed E-state index contributed by atoms with van der Waals surface area (Å²) in [6, 6.07) is -0.122. The SMILES string of the molecule is CCC=CCC=CCC=CCC=CCC=CCC=CCCC(=O)N[C@@H](C)C(=O)Nc1nc2c(s1)C[C@H](NCCC)CC2. The molecule has 2 rings (SSSR count). The van der Waals surface area contributed by atoms with Crippen molar-refractivity contribution in [3.8, 4) is 0 Å². The van der Waals surface area contributed by atoms with Crippen LogP contribution in [0.4, 0.5) is 5.13 Å². The van der Waals surface area contributed by atoms with E-state index in [1.165, 1.54) is 4.88 Å². The van der Waals surface area contributed by atoms with Crippen molar-refractivity contribution in [1.82, 2.24) is 15.6 Å². The molecule has 6 nitrogen and oxygen atoms in total. The number of thiazole rings is 1. The number of amides is 2. The van der Waals surface area contributed by atoms with Gasteiger partial charge in [0.15, 0.2) is 5.13 Å². The van der Waals surface area contributed by atoms with E-state index in [-0.39, 0.29) is 11.8 Å². The third-order valence-electron chi connectivity index (χ3n) is 6.76. The van der Waals surface area contributed by atoms with E-state index in [4.69, 9.17) is 0 Å². The summed E-state index contributed by atoms with van der Waals surface area (Å²) in [6.07, 6.45) is 36.9. The second kappa shape index (κ2) is 22.6. The van der Waals surface area contributed by atoms with Gasteiger partial charge < -0.3 is 16.0 Å². The Labute approximate surface area is 258 Å². The maximum atomic E-state index is 12.6. The number of fused-ring (bicyclic) bond motifs is 1. The summed E-state index contributed by atoms with van der Waals surface area (Å²) in [5.74, 6) is -0.357.